The van der Waals surface area contributed by atoms with E-state index in [9.17, 15) is 14.3 Å². The summed E-state index contributed by atoms with van der Waals surface area (Å²) in [6.07, 6.45) is 2.97. The number of piperidine rings is 1. The average molecular weight is 314 g/mol. The Kier molecular flexibility index (Phi) is 5.22. The zero-order valence-electron chi connectivity index (χ0n) is 12.2. The Bertz CT molecular complexity index is 513. The average Bonchev–Trinajstić information content (AvgIpc) is 2.45. The molecule has 1 aromatic rings. The van der Waals surface area contributed by atoms with Crippen LogP contribution in [-0.4, -0.2) is 29.1 Å². The minimum absolute atomic E-state index is 0.135. The number of carboxylic acids is 1. The molecule has 0 bridgehead atoms. The van der Waals surface area contributed by atoms with Crippen molar-refractivity contribution in [2.24, 2.45) is 5.41 Å². The van der Waals surface area contributed by atoms with Crippen molar-refractivity contribution in [3.05, 3.63) is 34.6 Å². The van der Waals surface area contributed by atoms with Crippen LogP contribution in [0, 0.1) is 11.2 Å². The molecular formula is C16H21ClFNO2. The highest BCUT2D eigenvalue weighted by Gasteiger charge is 2.40. The molecule has 5 heteroatoms. The van der Waals surface area contributed by atoms with Crippen LogP contribution in [-0.2, 0) is 11.3 Å². The van der Waals surface area contributed by atoms with E-state index in [1.165, 1.54) is 6.07 Å². The molecule has 1 heterocycles. The molecular weight excluding hydrogens is 293 g/mol. The largest absolute Gasteiger partial charge is 0.481 e. The molecule has 3 nitrogen and oxygen atoms in total. The highest BCUT2D eigenvalue weighted by molar-refractivity contribution is 6.30. The van der Waals surface area contributed by atoms with E-state index in [4.69, 9.17) is 11.6 Å². The summed E-state index contributed by atoms with van der Waals surface area (Å²) in [5.74, 6) is -1.08. The molecule has 0 amide bonds. The first-order valence-electron chi connectivity index (χ1n) is 7.36. The Morgan fingerprint density at radius 1 is 1.43 bits per heavy atom. The van der Waals surface area contributed by atoms with Crippen LogP contribution in [0.2, 0.25) is 5.02 Å². The summed E-state index contributed by atoms with van der Waals surface area (Å²) in [7, 11) is 0. The minimum Gasteiger partial charge on any atom is -0.481 e. The van der Waals surface area contributed by atoms with E-state index >= 15 is 0 Å². The van der Waals surface area contributed by atoms with Crippen molar-refractivity contribution in [2.45, 2.75) is 39.2 Å². The smallest absolute Gasteiger partial charge is 0.309 e. The second-order valence-electron chi connectivity index (χ2n) is 5.86. The summed E-state index contributed by atoms with van der Waals surface area (Å²) in [6, 6.07) is 4.74. The Morgan fingerprint density at radius 3 is 2.62 bits per heavy atom. The zero-order chi connectivity index (χ0) is 15.5. The number of nitrogens with zero attached hydrogens (tertiary/aromatic N) is 1. The summed E-state index contributed by atoms with van der Waals surface area (Å²) in [5.41, 5.74) is 0.394. The molecule has 1 saturated heterocycles. The molecule has 1 N–H and O–H groups in total. The first-order chi connectivity index (χ1) is 9.97. The monoisotopic (exact) mass is 313 g/mol. The number of carbonyl (C=O) groups is 1. The van der Waals surface area contributed by atoms with Gasteiger partial charge in [0.2, 0.25) is 0 Å². The number of aliphatic carboxylic acids is 1. The topological polar surface area (TPSA) is 40.5 Å². The lowest BCUT2D eigenvalue weighted by Crippen LogP contribution is -2.44. The van der Waals surface area contributed by atoms with Crippen molar-refractivity contribution in [2.75, 3.05) is 13.1 Å². The zero-order valence-corrected chi connectivity index (χ0v) is 13.0. The Hall–Kier alpha value is -1.13. The summed E-state index contributed by atoms with van der Waals surface area (Å²) in [5, 5.41) is 9.62. The summed E-state index contributed by atoms with van der Waals surface area (Å²) >= 11 is 5.79. The summed E-state index contributed by atoms with van der Waals surface area (Å²) in [6.45, 7) is 4.21. The number of likely N-dealkylation sites (tertiary alicyclic amines) is 1. The predicted molar refractivity (Wildman–Crippen MR) is 80.9 cm³/mol. The van der Waals surface area contributed by atoms with Gasteiger partial charge in [0, 0.05) is 6.54 Å². The minimum atomic E-state index is -0.672. The Balaban J connectivity index is 1.97. The van der Waals surface area contributed by atoms with E-state index in [0.29, 0.717) is 19.4 Å². The molecule has 2 rings (SSSR count). The van der Waals surface area contributed by atoms with Crippen molar-refractivity contribution in [1.82, 2.24) is 4.90 Å². The van der Waals surface area contributed by atoms with Crippen LogP contribution < -0.4 is 0 Å². The van der Waals surface area contributed by atoms with Gasteiger partial charge in [-0.15, -0.1) is 0 Å². The van der Waals surface area contributed by atoms with Gasteiger partial charge in [0.05, 0.1) is 10.4 Å². The lowest BCUT2D eigenvalue weighted by Gasteiger charge is -2.38. The molecule has 0 radical (unpaired) electrons. The lowest BCUT2D eigenvalue weighted by atomic mass is 9.75. The molecule has 0 unspecified atom stereocenters. The standard InChI is InChI=1S/C16H21ClFNO2/c1-2-5-16(15(20)21)6-8-19(9-7-16)11-12-3-4-14(18)13(17)10-12/h3-4,10H,2,5-9,11H2,1H3,(H,20,21). The molecule has 21 heavy (non-hydrogen) atoms. The fourth-order valence-electron chi connectivity index (χ4n) is 3.08. The summed E-state index contributed by atoms with van der Waals surface area (Å²) in [4.78, 5) is 13.7. The van der Waals surface area contributed by atoms with Gasteiger partial charge < -0.3 is 5.11 Å². The van der Waals surface area contributed by atoms with Gasteiger partial charge in [-0.2, -0.15) is 0 Å². The third kappa shape index (κ3) is 3.74. The summed E-state index contributed by atoms with van der Waals surface area (Å²) < 4.78 is 13.1. The molecule has 0 atom stereocenters. The number of rotatable bonds is 5. The molecule has 1 aliphatic heterocycles. The van der Waals surface area contributed by atoms with Gasteiger partial charge in [0.1, 0.15) is 5.82 Å². The molecule has 0 aliphatic carbocycles. The molecule has 116 valence electrons. The van der Waals surface area contributed by atoms with Crippen LogP contribution in [0.15, 0.2) is 18.2 Å². The molecule has 0 aromatic heterocycles. The van der Waals surface area contributed by atoms with E-state index in [0.717, 1.165) is 31.5 Å². The van der Waals surface area contributed by atoms with Crippen molar-refractivity contribution >= 4 is 17.6 Å². The normalized spacial score (nSPS) is 18.6. The van der Waals surface area contributed by atoms with Crippen LogP contribution in [0.25, 0.3) is 0 Å². The highest BCUT2D eigenvalue weighted by Crippen LogP contribution is 2.37. The third-order valence-electron chi connectivity index (χ3n) is 4.39. The number of hydrogen-bond acceptors (Lipinski definition) is 2. The number of benzene rings is 1. The van der Waals surface area contributed by atoms with Gasteiger partial charge in [-0.05, 0) is 50.0 Å². The molecule has 0 spiro atoms. The van der Waals surface area contributed by atoms with Crippen molar-refractivity contribution in [3.63, 3.8) is 0 Å². The van der Waals surface area contributed by atoms with Gasteiger partial charge in [-0.3, -0.25) is 9.69 Å². The highest BCUT2D eigenvalue weighted by atomic mass is 35.5. The van der Waals surface area contributed by atoms with Crippen molar-refractivity contribution < 1.29 is 14.3 Å². The van der Waals surface area contributed by atoms with Gasteiger partial charge in [0.25, 0.3) is 0 Å². The first kappa shape index (κ1) is 16.2. The first-order valence-corrected chi connectivity index (χ1v) is 7.74. The van der Waals surface area contributed by atoms with E-state index < -0.39 is 17.2 Å². The fraction of sp³-hybridized carbons (Fsp3) is 0.562. The third-order valence-corrected chi connectivity index (χ3v) is 4.68. The van der Waals surface area contributed by atoms with Crippen LogP contribution >= 0.6 is 11.6 Å². The number of hydrogen-bond donors (Lipinski definition) is 1. The van der Waals surface area contributed by atoms with Crippen LogP contribution in [0.3, 0.4) is 0 Å². The SMILES string of the molecule is CCCC1(C(=O)O)CCN(Cc2ccc(F)c(Cl)c2)CC1. The van der Waals surface area contributed by atoms with Crippen LogP contribution in [0.1, 0.15) is 38.2 Å². The molecule has 1 fully saturated rings. The lowest BCUT2D eigenvalue weighted by molar-refractivity contribution is -0.152. The maximum Gasteiger partial charge on any atom is 0.309 e. The van der Waals surface area contributed by atoms with Crippen LogP contribution in [0.5, 0.6) is 0 Å². The van der Waals surface area contributed by atoms with Crippen molar-refractivity contribution in [3.8, 4) is 0 Å². The second-order valence-corrected chi connectivity index (χ2v) is 6.27. The van der Waals surface area contributed by atoms with Gasteiger partial charge in [-0.1, -0.05) is 31.0 Å². The van der Waals surface area contributed by atoms with E-state index in [1.807, 2.05) is 6.92 Å². The fourth-order valence-corrected chi connectivity index (χ4v) is 3.29. The van der Waals surface area contributed by atoms with E-state index in [-0.39, 0.29) is 5.02 Å². The number of carboxylic acid groups (broad SMARTS) is 1. The van der Waals surface area contributed by atoms with Gasteiger partial charge >= 0.3 is 5.97 Å². The molecule has 1 aromatic carbocycles. The quantitative estimate of drug-likeness (QED) is 0.895. The maximum absolute atomic E-state index is 13.1. The number of halogens is 2. The molecule has 0 saturated carbocycles. The van der Waals surface area contributed by atoms with Gasteiger partial charge in [-0.25, -0.2) is 4.39 Å². The second kappa shape index (κ2) is 6.75. The van der Waals surface area contributed by atoms with Gasteiger partial charge in [0.15, 0.2) is 0 Å². The van der Waals surface area contributed by atoms with Crippen LogP contribution in [0.4, 0.5) is 4.39 Å². The maximum atomic E-state index is 13.1. The molecule has 1 aliphatic rings. The van der Waals surface area contributed by atoms with Crippen molar-refractivity contribution in [1.29, 1.82) is 0 Å². The van der Waals surface area contributed by atoms with E-state index in [1.54, 1.807) is 12.1 Å². The van der Waals surface area contributed by atoms with E-state index in [2.05, 4.69) is 4.90 Å². The Morgan fingerprint density at radius 2 is 2.10 bits per heavy atom. The predicted octanol–water partition coefficient (Wildman–Crippen LogP) is 3.95. The Labute approximate surface area is 129 Å².